The number of ether oxygens (including phenoxy) is 2. The molecule has 2 aromatic carbocycles. The first-order valence-electron chi connectivity index (χ1n) is 7.16. The van der Waals surface area contributed by atoms with E-state index in [1.165, 1.54) is 6.92 Å². The molecule has 0 atom stereocenters. The van der Waals surface area contributed by atoms with Gasteiger partial charge in [0, 0.05) is 13.0 Å². The van der Waals surface area contributed by atoms with E-state index in [1.54, 1.807) is 18.2 Å². The molecule has 0 spiro atoms. The Morgan fingerprint density at radius 3 is 2.62 bits per heavy atom. The standard InChI is InChI=1S/C18H13BrO5/c1-11(20)23-17-14-8-7-13(9-15(14)24-18(21)16(17)19)22-10-12-5-3-2-4-6-12/h2-9H,10H2,1H3. The van der Waals surface area contributed by atoms with Gasteiger partial charge in [-0.2, -0.15) is 0 Å². The Bertz CT molecular complexity index is 947. The highest BCUT2D eigenvalue weighted by Gasteiger charge is 2.16. The summed E-state index contributed by atoms with van der Waals surface area (Å²) in [7, 11) is 0. The average molecular weight is 389 g/mol. The third-order valence-corrected chi connectivity index (χ3v) is 3.96. The van der Waals surface area contributed by atoms with E-state index in [0.717, 1.165) is 5.56 Å². The van der Waals surface area contributed by atoms with Crippen molar-refractivity contribution >= 4 is 32.9 Å². The van der Waals surface area contributed by atoms with E-state index in [-0.39, 0.29) is 15.8 Å². The van der Waals surface area contributed by atoms with Crippen LogP contribution in [0.1, 0.15) is 12.5 Å². The van der Waals surface area contributed by atoms with Crippen LogP contribution in [-0.2, 0) is 11.4 Å². The van der Waals surface area contributed by atoms with Crippen molar-refractivity contribution in [2.75, 3.05) is 0 Å². The molecule has 3 rings (SSSR count). The number of rotatable bonds is 4. The summed E-state index contributed by atoms with van der Waals surface area (Å²) in [5.74, 6) is 0.168. The van der Waals surface area contributed by atoms with Gasteiger partial charge in [-0.05, 0) is 33.6 Å². The number of hydrogen-bond donors (Lipinski definition) is 0. The molecule has 0 unspecified atom stereocenters. The van der Waals surface area contributed by atoms with Crippen molar-refractivity contribution in [1.82, 2.24) is 0 Å². The molecule has 1 aromatic heterocycles. The molecule has 0 amide bonds. The summed E-state index contributed by atoms with van der Waals surface area (Å²) in [6.07, 6.45) is 0. The molecule has 0 aliphatic rings. The van der Waals surface area contributed by atoms with Gasteiger partial charge < -0.3 is 13.9 Å². The van der Waals surface area contributed by atoms with Crippen LogP contribution in [0, 0.1) is 0 Å². The van der Waals surface area contributed by atoms with E-state index >= 15 is 0 Å². The van der Waals surface area contributed by atoms with Crippen LogP contribution in [0.2, 0.25) is 0 Å². The van der Waals surface area contributed by atoms with Crippen molar-refractivity contribution in [3.05, 3.63) is 69.0 Å². The van der Waals surface area contributed by atoms with Gasteiger partial charge in [-0.15, -0.1) is 0 Å². The molecule has 0 fully saturated rings. The largest absolute Gasteiger partial charge is 0.489 e. The fourth-order valence-electron chi connectivity index (χ4n) is 2.20. The minimum absolute atomic E-state index is 0.0724. The second kappa shape index (κ2) is 6.88. The van der Waals surface area contributed by atoms with Crippen LogP contribution in [0.4, 0.5) is 0 Å². The fourth-order valence-corrected chi connectivity index (χ4v) is 2.58. The highest BCUT2D eigenvalue weighted by Crippen LogP contribution is 2.33. The molecule has 5 nitrogen and oxygen atoms in total. The number of halogens is 1. The van der Waals surface area contributed by atoms with E-state index in [4.69, 9.17) is 13.9 Å². The summed E-state index contributed by atoms with van der Waals surface area (Å²) >= 11 is 3.09. The van der Waals surface area contributed by atoms with Crippen LogP contribution in [0.25, 0.3) is 11.0 Å². The molecule has 0 aliphatic heterocycles. The maximum Gasteiger partial charge on any atom is 0.354 e. The highest BCUT2D eigenvalue weighted by atomic mass is 79.9. The molecular formula is C18H13BrO5. The molecule has 0 bridgehead atoms. The zero-order valence-electron chi connectivity index (χ0n) is 12.7. The summed E-state index contributed by atoms with van der Waals surface area (Å²) in [5.41, 5.74) is 0.680. The second-order valence-electron chi connectivity index (χ2n) is 5.06. The van der Waals surface area contributed by atoms with Crippen molar-refractivity contribution < 1.29 is 18.7 Å². The lowest BCUT2D eigenvalue weighted by Gasteiger charge is -2.10. The number of esters is 1. The van der Waals surface area contributed by atoms with Gasteiger partial charge >= 0.3 is 11.6 Å². The van der Waals surface area contributed by atoms with E-state index < -0.39 is 11.6 Å². The van der Waals surface area contributed by atoms with Gasteiger partial charge in [-0.25, -0.2) is 4.79 Å². The third-order valence-electron chi connectivity index (χ3n) is 3.27. The predicted octanol–water partition coefficient (Wildman–Crippen LogP) is 4.06. The average Bonchev–Trinajstić information content (AvgIpc) is 2.57. The van der Waals surface area contributed by atoms with Crippen molar-refractivity contribution in [2.45, 2.75) is 13.5 Å². The topological polar surface area (TPSA) is 65.7 Å². The summed E-state index contributed by atoms with van der Waals surface area (Å²) in [5, 5.41) is 0.503. The molecular weight excluding hydrogens is 376 g/mol. The van der Waals surface area contributed by atoms with Gasteiger partial charge in [0.05, 0.1) is 5.39 Å². The quantitative estimate of drug-likeness (QED) is 0.497. The molecule has 0 radical (unpaired) electrons. The smallest absolute Gasteiger partial charge is 0.354 e. The first kappa shape index (κ1) is 16.3. The summed E-state index contributed by atoms with van der Waals surface area (Å²) in [4.78, 5) is 23.1. The lowest BCUT2D eigenvalue weighted by Crippen LogP contribution is -2.08. The summed E-state index contributed by atoms with van der Waals surface area (Å²) in [6, 6.07) is 14.7. The number of benzene rings is 2. The molecule has 0 N–H and O–H groups in total. The molecule has 1 heterocycles. The Morgan fingerprint density at radius 2 is 1.92 bits per heavy atom. The van der Waals surface area contributed by atoms with Gasteiger partial charge in [0.2, 0.25) is 0 Å². The van der Waals surface area contributed by atoms with Crippen molar-refractivity contribution in [3.8, 4) is 11.5 Å². The van der Waals surface area contributed by atoms with Gasteiger partial charge in [-0.1, -0.05) is 30.3 Å². The maximum atomic E-state index is 11.9. The Hall–Kier alpha value is -2.60. The molecule has 0 saturated heterocycles. The van der Waals surface area contributed by atoms with Crippen LogP contribution < -0.4 is 15.1 Å². The van der Waals surface area contributed by atoms with Crippen LogP contribution in [0.5, 0.6) is 11.5 Å². The van der Waals surface area contributed by atoms with E-state index in [1.807, 2.05) is 30.3 Å². The molecule has 0 saturated carbocycles. The lowest BCUT2D eigenvalue weighted by atomic mass is 10.2. The lowest BCUT2D eigenvalue weighted by molar-refractivity contribution is -0.131. The third kappa shape index (κ3) is 3.49. The summed E-state index contributed by atoms with van der Waals surface area (Å²) < 4.78 is 16.1. The number of carbonyl (C=O) groups is 1. The number of carbonyl (C=O) groups excluding carboxylic acids is 1. The van der Waals surface area contributed by atoms with E-state index in [0.29, 0.717) is 17.7 Å². The van der Waals surface area contributed by atoms with Crippen LogP contribution in [0.3, 0.4) is 0 Å². The Kier molecular flexibility index (Phi) is 4.66. The fraction of sp³-hybridized carbons (Fsp3) is 0.111. The van der Waals surface area contributed by atoms with Gasteiger partial charge in [0.1, 0.15) is 22.4 Å². The number of hydrogen-bond acceptors (Lipinski definition) is 5. The highest BCUT2D eigenvalue weighted by molar-refractivity contribution is 9.10. The molecule has 122 valence electrons. The Labute approximate surface area is 145 Å². The van der Waals surface area contributed by atoms with Gasteiger partial charge in [0.15, 0.2) is 5.75 Å². The van der Waals surface area contributed by atoms with Gasteiger partial charge in [-0.3, -0.25) is 4.79 Å². The van der Waals surface area contributed by atoms with E-state index in [9.17, 15) is 9.59 Å². The number of fused-ring (bicyclic) bond motifs is 1. The molecule has 3 aromatic rings. The van der Waals surface area contributed by atoms with Crippen molar-refractivity contribution in [1.29, 1.82) is 0 Å². The first-order chi connectivity index (χ1) is 11.5. The monoisotopic (exact) mass is 388 g/mol. The maximum absolute atomic E-state index is 11.9. The second-order valence-corrected chi connectivity index (χ2v) is 5.85. The minimum Gasteiger partial charge on any atom is -0.489 e. The molecule has 6 heteroatoms. The SMILES string of the molecule is CC(=O)Oc1c(Br)c(=O)oc2cc(OCc3ccccc3)ccc12. The Morgan fingerprint density at radius 1 is 1.17 bits per heavy atom. The predicted molar refractivity (Wildman–Crippen MR) is 92.3 cm³/mol. The van der Waals surface area contributed by atoms with Crippen LogP contribution in [-0.4, -0.2) is 5.97 Å². The van der Waals surface area contributed by atoms with Crippen molar-refractivity contribution in [3.63, 3.8) is 0 Å². The summed E-state index contributed by atoms with van der Waals surface area (Å²) in [6.45, 7) is 1.66. The first-order valence-corrected chi connectivity index (χ1v) is 7.95. The van der Waals surface area contributed by atoms with Crippen LogP contribution in [0.15, 0.2) is 62.2 Å². The van der Waals surface area contributed by atoms with Gasteiger partial charge in [0.25, 0.3) is 0 Å². The Balaban J connectivity index is 1.95. The van der Waals surface area contributed by atoms with E-state index in [2.05, 4.69) is 15.9 Å². The van der Waals surface area contributed by atoms with Crippen molar-refractivity contribution in [2.24, 2.45) is 0 Å². The molecule has 0 aliphatic carbocycles. The normalized spacial score (nSPS) is 10.6. The zero-order chi connectivity index (χ0) is 17.1. The van der Waals surface area contributed by atoms with Crippen LogP contribution >= 0.6 is 15.9 Å². The molecule has 24 heavy (non-hydrogen) atoms. The zero-order valence-corrected chi connectivity index (χ0v) is 14.3. The minimum atomic E-state index is -0.626.